The molecule has 0 aliphatic carbocycles. The summed E-state index contributed by atoms with van der Waals surface area (Å²) in [5, 5.41) is 7.82. The molecule has 1 aromatic carbocycles. The summed E-state index contributed by atoms with van der Waals surface area (Å²) in [7, 11) is -3.87. The second kappa shape index (κ2) is 8.18. The molecule has 0 spiro atoms. The van der Waals surface area contributed by atoms with Crippen molar-refractivity contribution in [3.05, 3.63) is 53.4 Å². The zero-order valence-corrected chi connectivity index (χ0v) is 16.0. The van der Waals surface area contributed by atoms with Crippen LogP contribution in [0.1, 0.15) is 23.0 Å². The minimum Gasteiger partial charge on any atom is -0.461 e. The number of nitrogens with one attached hydrogen (secondary N) is 2. The van der Waals surface area contributed by atoms with Crippen molar-refractivity contribution in [2.75, 3.05) is 6.61 Å². The first-order valence-electron chi connectivity index (χ1n) is 7.63. The number of aromatic amines is 1. The number of sulfonamides is 1. The molecule has 0 amide bonds. The lowest BCUT2D eigenvalue weighted by atomic mass is 10.2. The molecule has 0 radical (unpaired) electrons. The number of esters is 1. The molecule has 0 fully saturated rings. The van der Waals surface area contributed by atoms with Crippen molar-refractivity contribution in [1.29, 1.82) is 0 Å². The molecule has 0 aliphatic heterocycles. The minimum absolute atomic E-state index is 0. The van der Waals surface area contributed by atoms with E-state index in [0.29, 0.717) is 0 Å². The van der Waals surface area contributed by atoms with Crippen molar-refractivity contribution in [1.82, 2.24) is 24.4 Å². The van der Waals surface area contributed by atoms with Crippen LogP contribution in [0.15, 0.2) is 46.7 Å². The van der Waals surface area contributed by atoms with Crippen molar-refractivity contribution in [3.8, 4) is 0 Å². The number of ether oxygens (including phenoxy) is 1. The highest BCUT2D eigenvalue weighted by Crippen LogP contribution is 2.09. The summed E-state index contributed by atoms with van der Waals surface area (Å²) in [6.45, 7) is 3.72. The van der Waals surface area contributed by atoms with E-state index in [-0.39, 0.29) is 40.9 Å². The molecule has 0 aliphatic rings. The molecule has 0 atom stereocenters. The van der Waals surface area contributed by atoms with Gasteiger partial charge in [0, 0.05) is 6.07 Å². The fourth-order valence-electron chi connectivity index (χ4n) is 2.12. The maximum Gasteiger partial charge on any atom is 0.354 e. The number of carbonyl (C=O) groups excluding carboxylic acids is 1. The quantitative estimate of drug-likeness (QED) is 0.469. The smallest absolute Gasteiger partial charge is 0.354 e. The van der Waals surface area contributed by atoms with Gasteiger partial charge in [0.15, 0.2) is 5.49 Å². The Morgan fingerprint density at radius 3 is 2.70 bits per heavy atom. The second-order valence-corrected chi connectivity index (χ2v) is 6.94. The molecular weight excluding hydrogens is 396 g/mol. The van der Waals surface area contributed by atoms with Crippen molar-refractivity contribution >= 4 is 34.2 Å². The van der Waals surface area contributed by atoms with Crippen molar-refractivity contribution in [2.45, 2.75) is 18.7 Å². The predicted octanol–water partition coefficient (Wildman–Crippen LogP) is 0.759. The number of H-pyrrole nitrogens is 1. The van der Waals surface area contributed by atoms with Crippen LogP contribution in [0.25, 0.3) is 5.78 Å². The predicted molar refractivity (Wildman–Crippen MR) is 97.6 cm³/mol. The first-order chi connectivity index (χ1) is 12.4. The zero-order chi connectivity index (χ0) is 18.7. The van der Waals surface area contributed by atoms with E-state index in [2.05, 4.69) is 25.0 Å². The van der Waals surface area contributed by atoms with Crippen LogP contribution in [0, 0.1) is 6.92 Å². The highest BCUT2D eigenvalue weighted by molar-refractivity contribution is 7.89. The van der Waals surface area contributed by atoms with E-state index in [4.69, 9.17) is 4.74 Å². The Hall–Kier alpha value is -2.92. The normalized spacial score (nSPS) is 11.9. The van der Waals surface area contributed by atoms with Crippen molar-refractivity contribution in [2.24, 2.45) is 5.10 Å². The third kappa shape index (κ3) is 4.44. The third-order valence-corrected chi connectivity index (χ3v) is 4.62. The van der Waals surface area contributed by atoms with Gasteiger partial charge < -0.3 is 9.72 Å². The summed E-state index contributed by atoms with van der Waals surface area (Å²) in [5.41, 5.74) is 1.07. The number of aromatic nitrogens is 4. The molecule has 144 valence electrons. The molecule has 12 heteroatoms. The number of rotatable bonds is 5. The second-order valence-electron chi connectivity index (χ2n) is 5.28. The summed E-state index contributed by atoms with van der Waals surface area (Å²) in [4.78, 5) is 20.8. The molecule has 2 N–H and O–H groups in total. The summed E-state index contributed by atoms with van der Waals surface area (Å²) in [6.07, 6.45) is 1.24. The van der Waals surface area contributed by atoms with E-state index in [1.165, 1.54) is 29.0 Å². The van der Waals surface area contributed by atoms with Gasteiger partial charge in [-0.3, -0.25) is 0 Å². The number of halogens is 1. The van der Waals surface area contributed by atoms with Crippen LogP contribution >= 0.6 is 12.4 Å². The number of fused-ring (bicyclic) bond motifs is 1. The summed E-state index contributed by atoms with van der Waals surface area (Å²) in [6, 6.07) is 7.63. The molecule has 0 bridgehead atoms. The Morgan fingerprint density at radius 2 is 2.04 bits per heavy atom. The van der Waals surface area contributed by atoms with Gasteiger partial charge in [-0.1, -0.05) is 17.7 Å². The van der Waals surface area contributed by atoms with Gasteiger partial charge in [-0.2, -0.15) is 27.8 Å². The van der Waals surface area contributed by atoms with Gasteiger partial charge in [-0.15, -0.1) is 17.5 Å². The van der Waals surface area contributed by atoms with E-state index in [1.807, 2.05) is 6.92 Å². The molecule has 0 saturated heterocycles. The van der Waals surface area contributed by atoms with Crippen LogP contribution in [-0.2, 0) is 14.8 Å². The lowest BCUT2D eigenvalue weighted by Crippen LogP contribution is -2.27. The minimum atomic E-state index is -3.87. The molecule has 2 aromatic heterocycles. The average Bonchev–Trinajstić information content (AvgIpc) is 3.09. The Bertz CT molecular complexity index is 1120. The van der Waals surface area contributed by atoms with Crippen molar-refractivity contribution < 1.29 is 17.9 Å². The van der Waals surface area contributed by atoms with Gasteiger partial charge >= 0.3 is 5.97 Å². The van der Waals surface area contributed by atoms with E-state index < -0.39 is 16.0 Å². The SMILES string of the molecule is CCOC(=O)c1c/c(=N\NS(=O)(=O)c2ccc(C)cc2)n2ncnc2[nH]1.Cl. The standard InChI is InChI=1S/C15H16N6O4S.ClH/c1-3-25-14(22)12-8-13(21-15(18-12)16-9-17-21)19-20-26(23,24)11-6-4-10(2)5-7-11;/h4-9,20H,3H2,1-2H3,(H,16,17,18);1H/b19-13+;. The summed E-state index contributed by atoms with van der Waals surface area (Å²) in [5.74, 6) is -0.403. The van der Waals surface area contributed by atoms with E-state index in [1.54, 1.807) is 19.1 Å². The number of aryl methyl sites for hydroxylation is 1. The average molecular weight is 413 g/mol. The van der Waals surface area contributed by atoms with Crippen LogP contribution in [0.3, 0.4) is 0 Å². The van der Waals surface area contributed by atoms with Gasteiger partial charge in [-0.25, -0.2) is 4.79 Å². The fourth-order valence-corrected chi connectivity index (χ4v) is 2.93. The van der Waals surface area contributed by atoms with Gasteiger partial charge in [0.25, 0.3) is 10.0 Å². The monoisotopic (exact) mass is 412 g/mol. The maximum atomic E-state index is 12.4. The molecule has 3 rings (SSSR count). The summed E-state index contributed by atoms with van der Waals surface area (Å²) < 4.78 is 30.9. The number of hydrogen-bond donors (Lipinski definition) is 2. The van der Waals surface area contributed by atoms with Crippen LogP contribution in [0.2, 0.25) is 0 Å². The molecule has 2 heterocycles. The maximum absolute atomic E-state index is 12.4. The fraction of sp³-hybridized carbons (Fsp3) is 0.200. The number of carbonyl (C=O) groups is 1. The highest BCUT2D eigenvalue weighted by atomic mass is 35.5. The molecular formula is C15H17ClN6O4S. The lowest BCUT2D eigenvalue weighted by molar-refractivity contribution is 0.0519. The highest BCUT2D eigenvalue weighted by Gasteiger charge is 2.14. The van der Waals surface area contributed by atoms with Gasteiger partial charge in [0.05, 0.1) is 11.5 Å². The van der Waals surface area contributed by atoms with Crippen LogP contribution in [-0.4, -0.2) is 40.6 Å². The Morgan fingerprint density at radius 1 is 1.33 bits per heavy atom. The Labute approximate surface area is 160 Å². The van der Waals surface area contributed by atoms with Crippen LogP contribution in [0.5, 0.6) is 0 Å². The summed E-state index contributed by atoms with van der Waals surface area (Å²) >= 11 is 0. The number of nitrogens with zero attached hydrogens (tertiary/aromatic N) is 4. The van der Waals surface area contributed by atoms with Gasteiger partial charge in [0.1, 0.15) is 12.0 Å². The molecule has 27 heavy (non-hydrogen) atoms. The third-order valence-electron chi connectivity index (χ3n) is 3.39. The van der Waals surface area contributed by atoms with Crippen molar-refractivity contribution in [3.63, 3.8) is 0 Å². The number of hydrogen-bond acceptors (Lipinski definition) is 7. The lowest BCUT2D eigenvalue weighted by Gasteiger charge is -2.05. The number of benzene rings is 1. The Balaban J connectivity index is 0.00000261. The van der Waals surface area contributed by atoms with Crippen LogP contribution in [0.4, 0.5) is 0 Å². The van der Waals surface area contributed by atoms with E-state index in [0.717, 1.165) is 5.56 Å². The van der Waals surface area contributed by atoms with E-state index in [9.17, 15) is 13.2 Å². The van der Waals surface area contributed by atoms with Crippen LogP contribution < -0.4 is 10.3 Å². The van der Waals surface area contributed by atoms with Gasteiger partial charge in [-0.05, 0) is 26.0 Å². The Kier molecular flexibility index (Phi) is 6.18. The largest absolute Gasteiger partial charge is 0.461 e. The van der Waals surface area contributed by atoms with E-state index >= 15 is 0 Å². The molecule has 3 aromatic rings. The first-order valence-corrected chi connectivity index (χ1v) is 9.11. The molecule has 10 nitrogen and oxygen atoms in total. The first kappa shape index (κ1) is 20.4. The zero-order valence-electron chi connectivity index (χ0n) is 14.4. The topological polar surface area (TPSA) is 131 Å². The van der Waals surface area contributed by atoms with Gasteiger partial charge in [0.2, 0.25) is 5.78 Å². The molecule has 0 saturated carbocycles. The molecule has 0 unspecified atom stereocenters.